The molecular formula is C21H22N2O4S. The third-order valence-electron chi connectivity index (χ3n) is 4.04. The first-order chi connectivity index (χ1) is 13.4. The molecule has 1 amide bonds. The topological polar surface area (TPSA) is 68.7 Å². The van der Waals surface area contributed by atoms with Gasteiger partial charge in [-0.1, -0.05) is 18.2 Å². The van der Waals surface area contributed by atoms with Crippen molar-refractivity contribution in [2.75, 3.05) is 20.3 Å². The number of hydrogen-bond donors (Lipinski definition) is 0. The monoisotopic (exact) mass is 398 g/mol. The van der Waals surface area contributed by atoms with Gasteiger partial charge in [-0.3, -0.25) is 4.79 Å². The van der Waals surface area contributed by atoms with E-state index in [-0.39, 0.29) is 19.1 Å². The minimum absolute atomic E-state index is 0.238. The fourth-order valence-corrected chi connectivity index (χ4v) is 3.75. The number of likely N-dealkylation sites (N-methyl/N-ethyl adjacent to an activating group) is 1. The standard InChI is InChI=1S/C21H22N2O4S/c1-14-8-15(2)10-16(9-14)26-13-21(25)27-12-20(24)23(3)11-19-22-17-6-4-5-7-18(17)28-19/h4-10H,11-13H2,1-3H3. The van der Waals surface area contributed by atoms with Crippen molar-refractivity contribution in [1.29, 1.82) is 0 Å². The van der Waals surface area contributed by atoms with Crippen LogP contribution in [0.2, 0.25) is 0 Å². The highest BCUT2D eigenvalue weighted by Crippen LogP contribution is 2.22. The summed E-state index contributed by atoms with van der Waals surface area (Å²) in [5.74, 6) is -0.270. The molecule has 0 aliphatic heterocycles. The zero-order valence-corrected chi connectivity index (χ0v) is 16.9. The number of carbonyl (C=O) groups is 2. The maximum atomic E-state index is 12.2. The first kappa shape index (κ1) is 19.8. The number of aryl methyl sites for hydroxylation is 2. The van der Waals surface area contributed by atoms with E-state index in [2.05, 4.69) is 4.98 Å². The van der Waals surface area contributed by atoms with Gasteiger partial charge in [-0.2, -0.15) is 0 Å². The van der Waals surface area contributed by atoms with E-state index >= 15 is 0 Å². The Morgan fingerprint density at radius 1 is 1.07 bits per heavy atom. The number of ether oxygens (including phenoxy) is 2. The maximum Gasteiger partial charge on any atom is 0.344 e. The third-order valence-corrected chi connectivity index (χ3v) is 5.07. The fourth-order valence-electron chi connectivity index (χ4n) is 2.73. The highest BCUT2D eigenvalue weighted by atomic mass is 32.1. The van der Waals surface area contributed by atoms with E-state index in [1.165, 1.54) is 4.90 Å². The summed E-state index contributed by atoms with van der Waals surface area (Å²) in [6, 6.07) is 13.5. The smallest absolute Gasteiger partial charge is 0.344 e. The maximum absolute atomic E-state index is 12.2. The summed E-state index contributed by atoms with van der Waals surface area (Å²) in [7, 11) is 1.66. The lowest BCUT2D eigenvalue weighted by Gasteiger charge is -2.15. The summed E-state index contributed by atoms with van der Waals surface area (Å²) in [5.41, 5.74) is 3.02. The lowest BCUT2D eigenvalue weighted by atomic mass is 10.1. The average molecular weight is 398 g/mol. The van der Waals surface area contributed by atoms with Crippen LogP contribution in [0.4, 0.5) is 0 Å². The molecular weight excluding hydrogens is 376 g/mol. The molecule has 0 aliphatic rings. The zero-order valence-electron chi connectivity index (χ0n) is 16.1. The van der Waals surface area contributed by atoms with Gasteiger partial charge in [-0.25, -0.2) is 9.78 Å². The number of para-hydroxylation sites is 1. The number of carbonyl (C=O) groups excluding carboxylic acids is 2. The van der Waals surface area contributed by atoms with E-state index < -0.39 is 5.97 Å². The van der Waals surface area contributed by atoms with E-state index in [4.69, 9.17) is 9.47 Å². The number of nitrogens with zero attached hydrogens (tertiary/aromatic N) is 2. The van der Waals surface area contributed by atoms with Crippen LogP contribution in [0.15, 0.2) is 42.5 Å². The SMILES string of the molecule is Cc1cc(C)cc(OCC(=O)OCC(=O)N(C)Cc2nc3ccccc3s2)c1. The third kappa shape index (κ3) is 5.29. The summed E-state index contributed by atoms with van der Waals surface area (Å²) < 4.78 is 11.6. The van der Waals surface area contributed by atoms with Gasteiger partial charge < -0.3 is 14.4 Å². The summed E-state index contributed by atoms with van der Waals surface area (Å²) in [4.78, 5) is 30.1. The van der Waals surface area contributed by atoms with E-state index in [1.807, 2.05) is 56.3 Å². The number of aromatic nitrogens is 1. The first-order valence-electron chi connectivity index (χ1n) is 8.86. The van der Waals surface area contributed by atoms with Crippen molar-refractivity contribution in [3.8, 4) is 5.75 Å². The van der Waals surface area contributed by atoms with Gasteiger partial charge in [0.1, 0.15) is 10.8 Å². The largest absolute Gasteiger partial charge is 0.482 e. The molecule has 0 atom stereocenters. The highest BCUT2D eigenvalue weighted by molar-refractivity contribution is 7.18. The molecule has 0 unspecified atom stereocenters. The van der Waals surface area contributed by atoms with Crippen LogP contribution in [0.3, 0.4) is 0 Å². The second kappa shape index (κ2) is 8.84. The Balaban J connectivity index is 1.45. The molecule has 0 N–H and O–H groups in total. The predicted molar refractivity (Wildman–Crippen MR) is 108 cm³/mol. The molecule has 3 rings (SSSR count). The van der Waals surface area contributed by atoms with Gasteiger partial charge in [-0.05, 0) is 49.2 Å². The summed E-state index contributed by atoms with van der Waals surface area (Å²) in [6.07, 6.45) is 0. The molecule has 1 heterocycles. The van der Waals surface area contributed by atoms with Gasteiger partial charge in [0.15, 0.2) is 13.2 Å². The Labute approximate surface area is 167 Å². The molecule has 0 aliphatic carbocycles. The lowest BCUT2D eigenvalue weighted by Crippen LogP contribution is -2.31. The molecule has 1 aromatic heterocycles. The van der Waals surface area contributed by atoms with Gasteiger partial charge >= 0.3 is 5.97 Å². The fraction of sp³-hybridized carbons (Fsp3) is 0.286. The van der Waals surface area contributed by atoms with Gasteiger partial charge in [0.2, 0.25) is 0 Å². The number of fused-ring (bicyclic) bond motifs is 1. The molecule has 0 fully saturated rings. The first-order valence-corrected chi connectivity index (χ1v) is 9.67. The minimum Gasteiger partial charge on any atom is -0.482 e. The van der Waals surface area contributed by atoms with Crippen LogP contribution in [0, 0.1) is 13.8 Å². The Bertz CT molecular complexity index is 946. The molecule has 28 heavy (non-hydrogen) atoms. The summed E-state index contributed by atoms with van der Waals surface area (Å²) in [5, 5.41) is 0.835. The Hall–Kier alpha value is -2.93. The van der Waals surface area contributed by atoms with Crippen molar-refractivity contribution in [3.63, 3.8) is 0 Å². The van der Waals surface area contributed by atoms with Crippen molar-refractivity contribution >= 4 is 33.4 Å². The van der Waals surface area contributed by atoms with Crippen LogP contribution in [0.5, 0.6) is 5.75 Å². The molecule has 3 aromatic rings. The molecule has 2 aromatic carbocycles. The average Bonchev–Trinajstić information content (AvgIpc) is 3.05. The lowest BCUT2D eigenvalue weighted by molar-refractivity contribution is -0.153. The predicted octanol–water partition coefficient (Wildman–Crippen LogP) is 3.49. The van der Waals surface area contributed by atoms with E-state index in [1.54, 1.807) is 18.4 Å². The minimum atomic E-state index is -0.583. The van der Waals surface area contributed by atoms with Crippen molar-refractivity contribution in [2.45, 2.75) is 20.4 Å². The normalized spacial score (nSPS) is 10.7. The van der Waals surface area contributed by atoms with Crippen molar-refractivity contribution < 1.29 is 19.1 Å². The molecule has 0 saturated carbocycles. The van der Waals surface area contributed by atoms with E-state index in [0.717, 1.165) is 26.4 Å². The summed E-state index contributed by atoms with van der Waals surface area (Å²) in [6.45, 7) is 3.72. The molecule has 0 saturated heterocycles. The number of hydrogen-bond acceptors (Lipinski definition) is 6. The number of amides is 1. The Morgan fingerprint density at radius 3 is 2.50 bits per heavy atom. The van der Waals surface area contributed by atoms with Crippen LogP contribution in [-0.4, -0.2) is 42.0 Å². The van der Waals surface area contributed by atoms with Crippen LogP contribution in [0.1, 0.15) is 16.1 Å². The van der Waals surface area contributed by atoms with E-state index in [0.29, 0.717) is 12.3 Å². The molecule has 0 radical (unpaired) electrons. The van der Waals surface area contributed by atoms with Crippen molar-refractivity contribution in [2.24, 2.45) is 0 Å². The van der Waals surface area contributed by atoms with Crippen LogP contribution >= 0.6 is 11.3 Å². The Morgan fingerprint density at radius 2 is 1.79 bits per heavy atom. The second-order valence-corrected chi connectivity index (χ2v) is 7.71. The van der Waals surface area contributed by atoms with Crippen LogP contribution < -0.4 is 4.74 Å². The molecule has 146 valence electrons. The van der Waals surface area contributed by atoms with Crippen molar-refractivity contribution in [1.82, 2.24) is 9.88 Å². The van der Waals surface area contributed by atoms with Gasteiger partial charge in [0.05, 0.1) is 16.8 Å². The molecule has 6 nitrogen and oxygen atoms in total. The molecule has 0 bridgehead atoms. The zero-order chi connectivity index (χ0) is 20.1. The number of benzene rings is 2. The van der Waals surface area contributed by atoms with Crippen LogP contribution in [-0.2, 0) is 20.9 Å². The van der Waals surface area contributed by atoms with Crippen molar-refractivity contribution in [3.05, 3.63) is 58.6 Å². The van der Waals surface area contributed by atoms with Gasteiger partial charge in [0.25, 0.3) is 5.91 Å². The quantitative estimate of drug-likeness (QED) is 0.570. The highest BCUT2D eigenvalue weighted by Gasteiger charge is 2.15. The number of rotatable bonds is 7. The van der Waals surface area contributed by atoms with Gasteiger partial charge in [0, 0.05) is 7.05 Å². The van der Waals surface area contributed by atoms with Crippen LogP contribution in [0.25, 0.3) is 10.2 Å². The molecule has 7 heteroatoms. The summed E-state index contributed by atoms with van der Waals surface area (Å²) >= 11 is 1.54. The molecule has 0 spiro atoms. The number of thiazole rings is 1. The van der Waals surface area contributed by atoms with E-state index in [9.17, 15) is 9.59 Å². The number of esters is 1. The Kier molecular flexibility index (Phi) is 6.26. The second-order valence-electron chi connectivity index (χ2n) is 6.60. The van der Waals surface area contributed by atoms with Gasteiger partial charge in [-0.15, -0.1) is 11.3 Å².